The second-order valence-corrected chi connectivity index (χ2v) is 5.58. The van der Waals surface area contributed by atoms with E-state index in [4.69, 9.17) is 9.47 Å². The lowest BCUT2D eigenvalue weighted by atomic mass is 10.1. The van der Waals surface area contributed by atoms with Crippen LogP contribution in [0.5, 0.6) is 0 Å². The average molecular weight is 258 g/mol. The van der Waals surface area contributed by atoms with Crippen molar-refractivity contribution >= 4 is 11.9 Å². The molecule has 0 rings (SSSR count). The van der Waals surface area contributed by atoms with E-state index in [-0.39, 0.29) is 12.1 Å². The van der Waals surface area contributed by atoms with Crippen molar-refractivity contribution in [2.45, 2.75) is 72.5 Å². The zero-order chi connectivity index (χ0) is 14.3. The fourth-order valence-corrected chi connectivity index (χ4v) is 1.62. The largest absolute Gasteiger partial charge is 0.460 e. The summed E-state index contributed by atoms with van der Waals surface area (Å²) in [7, 11) is 0. The summed E-state index contributed by atoms with van der Waals surface area (Å²) in [5.41, 5.74) is -1.21. The smallest absolute Gasteiger partial charge is 0.350 e. The molecule has 106 valence electrons. The molecular formula is C14H26O4. The summed E-state index contributed by atoms with van der Waals surface area (Å²) in [6, 6.07) is 0. The Morgan fingerprint density at radius 1 is 1.17 bits per heavy atom. The molecule has 0 radical (unpaired) electrons. The number of esters is 2. The zero-order valence-electron chi connectivity index (χ0n) is 12.4. The van der Waals surface area contributed by atoms with Crippen molar-refractivity contribution in [2.24, 2.45) is 5.92 Å². The summed E-state index contributed by atoms with van der Waals surface area (Å²) in [5.74, 6) is -0.394. The number of ether oxygens (including phenoxy) is 2. The van der Waals surface area contributed by atoms with Gasteiger partial charge in [-0.05, 0) is 39.5 Å². The molecule has 0 saturated heterocycles. The molecule has 0 aliphatic heterocycles. The lowest BCUT2D eigenvalue weighted by Crippen LogP contribution is -2.40. The molecule has 0 fully saturated rings. The molecule has 0 spiro atoms. The van der Waals surface area contributed by atoms with Gasteiger partial charge in [-0.2, -0.15) is 0 Å². The Kier molecular flexibility index (Phi) is 6.96. The second-order valence-electron chi connectivity index (χ2n) is 5.58. The number of rotatable bonds is 7. The molecule has 0 saturated carbocycles. The molecule has 0 aliphatic rings. The standard InChI is InChI=1S/C14H26O4/c1-7-8-12(15)18-14(5,6)13(16)17-11(4)9-10(2)3/h10-11H,7-9H2,1-6H3. The molecule has 0 aromatic rings. The summed E-state index contributed by atoms with van der Waals surface area (Å²) in [5, 5.41) is 0. The second kappa shape index (κ2) is 7.39. The molecule has 18 heavy (non-hydrogen) atoms. The van der Waals surface area contributed by atoms with Crippen molar-refractivity contribution in [1.29, 1.82) is 0 Å². The molecule has 1 atom stereocenters. The number of hydrogen-bond acceptors (Lipinski definition) is 4. The Bertz CT molecular complexity index is 282. The van der Waals surface area contributed by atoms with Crippen molar-refractivity contribution in [3.8, 4) is 0 Å². The van der Waals surface area contributed by atoms with Crippen LogP contribution in [-0.2, 0) is 19.1 Å². The van der Waals surface area contributed by atoms with Crippen molar-refractivity contribution in [2.75, 3.05) is 0 Å². The Morgan fingerprint density at radius 3 is 2.17 bits per heavy atom. The predicted octanol–water partition coefficient (Wildman–Crippen LogP) is 3.09. The molecule has 0 heterocycles. The van der Waals surface area contributed by atoms with Gasteiger partial charge in [0.05, 0.1) is 6.10 Å². The minimum absolute atomic E-state index is 0.165. The molecule has 0 N–H and O–H groups in total. The Balaban J connectivity index is 4.33. The first-order valence-electron chi connectivity index (χ1n) is 6.62. The number of carbonyl (C=O) groups is 2. The first kappa shape index (κ1) is 16.9. The predicted molar refractivity (Wildman–Crippen MR) is 70.1 cm³/mol. The van der Waals surface area contributed by atoms with Crippen LogP contribution in [0.1, 0.15) is 60.8 Å². The first-order chi connectivity index (χ1) is 8.19. The van der Waals surface area contributed by atoms with E-state index in [9.17, 15) is 9.59 Å². The lowest BCUT2D eigenvalue weighted by molar-refractivity contribution is -0.182. The highest BCUT2D eigenvalue weighted by atomic mass is 16.6. The van der Waals surface area contributed by atoms with Gasteiger partial charge in [0.15, 0.2) is 0 Å². The highest BCUT2D eigenvalue weighted by molar-refractivity contribution is 5.82. The minimum atomic E-state index is -1.21. The highest BCUT2D eigenvalue weighted by Crippen LogP contribution is 2.17. The molecule has 0 aliphatic carbocycles. The van der Waals surface area contributed by atoms with Gasteiger partial charge in [-0.25, -0.2) is 4.79 Å². The third kappa shape index (κ3) is 6.62. The van der Waals surface area contributed by atoms with Gasteiger partial charge in [-0.3, -0.25) is 4.79 Å². The zero-order valence-corrected chi connectivity index (χ0v) is 12.4. The van der Waals surface area contributed by atoms with E-state index in [0.717, 1.165) is 6.42 Å². The first-order valence-corrected chi connectivity index (χ1v) is 6.62. The molecule has 0 aromatic heterocycles. The van der Waals surface area contributed by atoms with E-state index >= 15 is 0 Å². The van der Waals surface area contributed by atoms with E-state index < -0.39 is 11.6 Å². The van der Waals surface area contributed by atoms with Crippen LogP contribution in [0, 0.1) is 5.92 Å². The Hall–Kier alpha value is -1.06. The molecule has 0 bridgehead atoms. The lowest BCUT2D eigenvalue weighted by Gasteiger charge is -2.25. The van der Waals surface area contributed by atoms with Gasteiger partial charge >= 0.3 is 11.9 Å². The summed E-state index contributed by atoms with van der Waals surface area (Å²) < 4.78 is 10.4. The van der Waals surface area contributed by atoms with Crippen LogP contribution >= 0.6 is 0 Å². The van der Waals surface area contributed by atoms with Crippen LogP contribution in [-0.4, -0.2) is 23.6 Å². The highest BCUT2D eigenvalue weighted by Gasteiger charge is 2.34. The maximum absolute atomic E-state index is 11.9. The van der Waals surface area contributed by atoms with Crippen LogP contribution in [0.15, 0.2) is 0 Å². The van der Waals surface area contributed by atoms with Gasteiger partial charge in [0.2, 0.25) is 5.60 Å². The van der Waals surface area contributed by atoms with E-state index in [1.165, 1.54) is 0 Å². The fourth-order valence-electron chi connectivity index (χ4n) is 1.62. The van der Waals surface area contributed by atoms with E-state index in [1.54, 1.807) is 13.8 Å². The molecule has 0 aromatic carbocycles. The van der Waals surface area contributed by atoms with E-state index in [2.05, 4.69) is 13.8 Å². The maximum atomic E-state index is 11.9. The third-order valence-corrected chi connectivity index (χ3v) is 2.43. The van der Waals surface area contributed by atoms with Crippen molar-refractivity contribution in [1.82, 2.24) is 0 Å². The number of hydrogen-bond donors (Lipinski definition) is 0. The van der Waals surface area contributed by atoms with Gasteiger partial charge in [-0.15, -0.1) is 0 Å². The van der Waals surface area contributed by atoms with Crippen molar-refractivity contribution < 1.29 is 19.1 Å². The van der Waals surface area contributed by atoms with Crippen LogP contribution in [0.3, 0.4) is 0 Å². The normalized spacial score (nSPS) is 13.3. The summed E-state index contributed by atoms with van der Waals surface area (Å²) in [6.07, 6.45) is 1.65. The average Bonchev–Trinajstić information content (AvgIpc) is 2.14. The van der Waals surface area contributed by atoms with Gasteiger partial charge < -0.3 is 9.47 Å². The molecule has 1 unspecified atom stereocenters. The van der Waals surface area contributed by atoms with Crippen LogP contribution in [0.2, 0.25) is 0 Å². The van der Waals surface area contributed by atoms with Crippen LogP contribution < -0.4 is 0 Å². The van der Waals surface area contributed by atoms with Crippen molar-refractivity contribution in [3.63, 3.8) is 0 Å². The maximum Gasteiger partial charge on any atom is 0.350 e. The summed E-state index contributed by atoms with van der Waals surface area (Å²) in [4.78, 5) is 23.3. The molecule has 4 heteroatoms. The summed E-state index contributed by atoms with van der Waals surface area (Å²) in [6.45, 7) is 11.0. The van der Waals surface area contributed by atoms with Gasteiger partial charge in [0.1, 0.15) is 0 Å². The molecule has 0 amide bonds. The van der Waals surface area contributed by atoms with Crippen LogP contribution in [0.4, 0.5) is 0 Å². The van der Waals surface area contributed by atoms with Gasteiger partial charge in [0, 0.05) is 6.42 Å². The van der Waals surface area contributed by atoms with Crippen molar-refractivity contribution in [3.05, 3.63) is 0 Å². The van der Waals surface area contributed by atoms with Gasteiger partial charge in [0.25, 0.3) is 0 Å². The SMILES string of the molecule is CCCC(=O)OC(C)(C)C(=O)OC(C)CC(C)C. The topological polar surface area (TPSA) is 52.6 Å². The third-order valence-electron chi connectivity index (χ3n) is 2.43. The van der Waals surface area contributed by atoms with E-state index in [0.29, 0.717) is 18.8 Å². The summed E-state index contributed by atoms with van der Waals surface area (Å²) >= 11 is 0. The van der Waals surface area contributed by atoms with Gasteiger partial charge in [-0.1, -0.05) is 20.8 Å². The number of carbonyl (C=O) groups excluding carboxylic acids is 2. The quantitative estimate of drug-likeness (QED) is 0.658. The monoisotopic (exact) mass is 258 g/mol. The minimum Gasteiger partial charge on any atom is -0.460 e. The van der Waals surface area contributed by atoms with Crippen LogP contribution in [0.25, 0.3) is 0 Å². The van der Waals surface area contributed by atoms with E-state index in [1.807, 2.05) is 13.8 Å². The Labute approximate surface area is 110 Å². The fraction of sp³-hybridized carbons (Fsp3) is 0.857. The molecule has 4 nitrogen and oxygen atoms in total. The Morgan fingerprint density at radius 2 is 1.72 bits per heavy atom. The molecular weight excluding hydrogens is 232 g/mol.